The number of rotatable bonds is 7. The fourth-order valence-electron chi connectivity index (χ4n) is 4.41. The molecule has 2 aromatic heterocycles. The first-order chi connectivity index (χ1) is 15.8. The molecule has 0 aliphatic heterocycles. The third-order valence-electron chi connectivity index (χ3n) is 6.25. The number of halogens is 2. The second kappa shape index (κ2) is 10.1. The molecule has 33 heavy (non-hydrogen) atoms. The summed E-state index contributed by atoms with van der Waals surface area (Å²) in [7, 11) is 0. The van der Waals surface area contributed by atoms with Gasteiger partial charge in [-0.1, -0.05) is 37.0 Å². The van der Waals surface area contributed by atoms with Crippen LogP contribution in [0, 0.1) is 0 Å². The molecule has 1 aliphatic carbocycles. The second-order valence-corrected chi connectivity index (χ2v) is 10.3. The summed E-state index contributed by atoms with van der Waals surface area (Å²) in [4.78, 5) is 36.2. The normalized spacial score (nSPS) is 14.5. The van der Waals surface area contributed by atoms with E-state index in [2.05, 4.69) is 24.1 Å². The molecule has 1 aliphatic rings. The van der Waals surface area contributed by atoms with E-state index in [0.717, 1.165) is 49.2 Å². The Morgan fingerprint density at radius 1 is 1.18 bits per heavy atom. The Kier molecular flexibility index (Phi) is 7.43. The maximum atomic E-state index is 13.8. The fraction of sp³-hybridized carbons (Fsp3) is 0.458. The summed E-state index contributed by atoms with van der Waals surface area (Å²) in [6.07, 6.45) is 4.10. The first kappa shape index (κ1) is 24.2. The van der Waals surface area contributed by atoms with Gasteiger partial charge in [0.25, 0.3) is 5.56 Å². The Labute approximate surface area is 207 Å². The molecular weight excluding hydrogens is 479 g/mol. The van der Waals surface area contributed by atoms with Crippen LogP contribution in [0.3, 0.4) is 0 Å². The average molecular weight is 507 g/mol. The molecule has 9 heteroatoms. The lowest BCUT2D eigenvalue weighted by Gasteiger charge is -2.23. The van der Waals surface area contributed by atoms with Crippen LogP contribution in [0.15, 0.2) is 23.0 Å². The van der Waals surface area contributed by atoms with E-state index in [9.17, 15) is 9.59 Å². The van der Waals surface area contributed by atoms with Crippen LogP contribution in [0.25, 0.3) is 10.2 Å². The van der Waals surface area contributed by atoms with Crippen molar-refractivity contribution in [2.24, 2.45) is 0 Å². The largest absolute Gasteiger partial charge is 0.324 e. The van der Waals surface area contributed by atoms with Crippen molar-refractivity contribution in [2.75, 3.05) is 18.4 Å². The van der Waals surface area contributed by atoms with E-state index in [4.69, 9.17) is 28.2 Å². The molecule has 1 unspecified atom stereocenters. The van der Waals surface area contributed by atoms with Gasteiger partial charge in [0, 0.05) is 20.6 Å². The summed E-state index contributed by atoms with van der Waals surface area (Å²) in [6, 6.07) is 4.12. The number of thiophene rings is 1. The maximum Gasteiger partial charge on any atom is 0.263 e. The predicted molar refractivity (Wildman–Crippen MR) is 137 cm³/mol. The molecule has 0 bridgehead atoms. The van der Waals surface area contributed by atoms with Crippen molar-refractivity contribution >= 4 is 56.3 Å². The van der Waals surface area contributed by atoms with Gasteiger partial charge in [-0.25, -0.2) is 4.98 Å². The van der Waals surface area contributed by atoms with E-state index < -0.39 is 6.04 Å². The van der Waals surface area contributed by atoms with Gasteiger partial charge < -0.3 is 5.32 Å². The Morgan fingerprint density at radius 3 is 2.52 bits per heavy atom. The Bertz CT molecular complexity index is 1230. The number of amides is 1. The highest BCUT2D eigenvalue weighted by molar-refractivity contribution is 7.18. The number of carbonyl (C=O) groups excluding carboxylic acids is 1. The first-order valence-corrected chi connectivity index (χ1v) is 12.9. The van der Waals surface area contributed by atoms with Gasteiger partial charge in [-0.2, -0.15) is 0 Å². The molecule has 0 fully saturated rings. The lowest BCUT2D eigenvalue weighted by Crippen LogP contribution is -2.37. The third-order valence-corrected chi connectivity index (χ3v) is 7.87. The lowest BCUT2D eigenvalue weighted by molar-refractivity contribution is -0.119. The van der Waals surface area contributed by atoms with E-state index >= 15 is 0 Å². The van der Waals surface area contributed by atoms with E-state index in [-0.39, 0.29) is 11.5 Å². The van der Waals surface area contributed by atoms with Crippen LogP contribution in [0.5, 0.6) is 0 Å². The van der Waals surface area contributed by atoms with E-state index in [1.807, 2.05) is 0 Å². The minimum atomic E-state index is -0.753. The summed E-state index contributed by atoms with van der Waals surface area (Å²) >= 11 is 13.8. The molecule has 0 saturated heterocycles. The summed E-state index contributed by atoms with van der Waals surface area (Å²) in [5.74, 6) is 0.294. The summed E-state index contributed by atoms with van der Waals surface area (Å²) < 4.78 is 1.57. The van der Waals surface area contributed by atoms with E-state index in [1.165, 1.54) is 4.88 Å². The molecule has 6 nitrogen and oxygen atoms in total. The van der Waals surface area contributed by atoms with E-state index in [1.54, 1.807) is 41.0 Å². The average Bonchev–Trinajstić information content (AvgIpc) is 3.15. The van der Waals surface area contributed by atoms with Crippen molar-refractivity contribution in [1.82, 2.24) is 14.5 Å². The molecule has 0 spiro atoms. The Hall–Kier alpha value is -1.93. The number of anilines is 1. The number of hydrogen-bond donors (Lipinski definition) is 1. The smallest absolute Gasteiger partial charge is 0.263 e. The van der Waals surface area contributed by atoms with Crippen LogP contribution in [-0.2, 0) is 24.2 Å². The van der Waals surface area contributed by atoms with Gasteiger partial charge in [-0.15, -0.1) is 11.3 Å². The first-order valence-electron chi connectivity index (χ1n) is 11.4. The van der Waals surface area contributed by atoms with Crippen molar-refractivity contribution in [3.8, 4) is 0 Å². The third kappa shape index (κ3) is 4.97. The van der Waals surface area contributed by atoms with Gasteiger partial charge in [0.15, 0.2) is 0 Å². The molecule has 1 amide bonds. The Balaban J connectivity index is 1.79. The number of nitrogens with zero attached hydrogens (tertiary/aromatic N) is 3. The molecule has 0 saturated carbocycles. The number of carbonyl (C=O) groups is 1. The quantitative estimate of drug-likeness (QED) is 0.447. The monoisotopic (exact) mass is 506 g/mol. The number of benzene rings is 1. The van der Waals surface area contributed by atoms with Crippen LogP contribution >= 0.6 is 34.5 Å². The number of aryl methyl sites for hydroxylation is 2. The molecule has 2 heterocycles. The molecular formula is C24H28Cl2N4O2S. The molecule has 176 valence electrons. The highest BCUT2D eigenvalue weighted by Gasteiger charge is 2.27. The van der Waals surface area contributed by atoms with E-state index in [0.29, 0.717) is 33.5 Å². The van der Waals surface area contributed by atoms with Crippen LogP contribution < -0.4 is 10.9 Å². The highest BCUT2D eigenvalue weighted by atomic mass is 35.5. The van der Waals surface area contributed by atoms with Gasteiger partial charge in [-0.05, 0) is 69.5 Å². The van der Waals surface area contributed by atoms with Gasteiger partial charge >= 0.3 is 0 Å². The molecule has 4 rings (SSSR count). The molecule has 1 aromatic carbocycles. The predicted octanol–water partition coefficient (Wildman–Crippen LogP) is 5.69. The number of fused-ring (bicyclic) bond motifs is 3. The van der Waals surface area contributed by atoms with Gasteiger partial charge in [0.1, 0.15) is 16.7 Å². The van der Waals surface area contributed by atoms with Gasteiger partial charge in [0.2, 0.25) is 5.91 Å². The molecule has 3 aromatic rings. The molecule has 0 radical (unpaired) electrons. The van der Waals surface area contributed by atoms with Crippen LogP contribution in [0.4, 0.5) is 5.69 Å². The number of hydrogen-bond acceptors (Lipinski definition) is 5. The van der Waals surface area contributed by atoms with Crippen molar-refractivity contribution < 1.29 is 4.79 Å². The second-order valence-electron chi connectivity index (χ2n) is 8.38. The molecule has 1 N–H and O–H groups in total. The highest BCUT2D eigenvalue weighted by Crippen LogP contribution is 2.34. The van der Waals surface area contributed by atoms with Crippen molar-refractivity contribution in [3.63, 3.8) is 0 Å². The topological polar surface area (TPSA) is 67.2 Å². The van der Waals surface area contributed by atoms with Crippen molar-refractivity contribution in [2.45, 2.75) is 59.0 Å². The zero-order valence-electron chi connectivity index (χ0n) is 19.1. The van der Waals surface area contributed by atoms with Crippen molar-refractivity contribution in [3.05, 3.63) is 54.9 Å². The van der Waals surface area contributed by atoms with Crippen LogP contribution in [-0.4, -0.2) is 33.4 Å². The maximum absolute atomic E-state index is 13.8. The number of aromatic nitrogens is 2. The zero-order chi connectivity index (χ0) is 23.7. The summed E-state index contributed by atoms with van der Waals surface area (Å²) in [5, 5.41) is 4.40. The zero-order valence-corrected chi connectivity index (χ0v) is 21.4. The SMILES string of the molecule is CCN(CC)Cc1nc2sc3c(c2c(=O)n1C(C)C(=O)Nc1cc(Cl)cc(Cl)c1)CCCC3. The lowest BCUT2D eigenvalue weighted by atomic mass is 9.97. The minimum Gasteiger partial charge on any atom is -0.324 e. The summed E-state index contributed by atoms with van der Waals surface area (Å²) in [6.45, 7) is 8.04. The minimum absolute atomic E-state index is 0.131. The van der Waals surface area contributed by atoms with Crippen LogP contribution in [0.1, 0.15) is 55.9 Å². The van der Waals surface area contributed by atoms with Gasteiger partial charge in [-0.3, -0.25) is 19.1 Å². The van der Waals surface area contributed by atoms with Gasteiger partial charge in [0.05, 0.1) is 11.9 Å². The molecule has 1 atom stereocenters. The summed E-state index contributed by atoms with van der Waals surface area (Å²) in [5.41, 5.74) is 1.48. The number of nitrogens with one attached hydrogen (secondary N) is 1. The van der Waals surface area contributed by atoms with Crippen LogP contribution in [0.2, 0.25) is 10.0 Å². The standard InChI is InChI=1S/C24H28Cl2N4O2S/c1-4-29(5-2)13-20-28-23-21(18-8-6-7-9-19(18)33-23)24(32)30(20)14(3)22(31)27-17-11-15(25)10-16(26)12-17/h10-12,14H,4-9,13H2,1-3H3,(H,27,31). The Morgan fingerprint density at radius 2 is 1.85 bits per heavy atom. The fourth-order valence-corrected chi connectivity index (χ4v) is 6.20. The van der Waals surface area contributed by atoms with Crippen molar-refractivity contribution in [1.29, 1.82) is 0 Å².